The second-order valence-electron chi connectivity index (χ2n) is 2.50. The van der Waals surface area contributed by atoms with Crippen molar-refractivity contribution in [1.82, 2.24) is 15.0 Å². The number of nitro groups is 3. The Morgan fingerprint density at radius 1 is 0.867 bits per heavy atom. The predicted molar refractivity (Wildman–Crippen MR) is 40.5 cm³/mol. The highest BCUT2D eigenvalue weighted by molar-refractivity contribution is 4.61. The van der Waals surface area contributed by atoms with Gasteiger partial charge in [-0.2, -0.15) is 0 Å². The Morgan fingerprint density at radius 3 is 1.53 bits per heavy atom. The Balaban J connectivity index is 2.77. The van der Waals surface area contributed by atoms with Gasteiger partial charge in [0.1, 0.15) is 10.1 Å². The van der Waals surface area contributed by atoms with Crippen LogP contribution in [-0.2, 0) is 0 Å². The van der Waals surface area contributed by atoms with Crippen molar-refractivity contribution in [3.63, 3.8) is 0 Å². The zero-order valence-electron chi connectivity index (χ0n) is 7.12. The summed E-state index contributed by atoms with van der Waals surface area (Å²) in [5.41, 5.74) is 0. The lowest BCUT2D eigenvalue weighted by Crippen LogP contribution is -2.56. The maximum absolute atomic E-state index is 10.3. The molecule has 84 valence electrons. The average Bonchev–Trinajstić information content (AvgIpc) is 2.16. The molecule has 0 aromatic rings. The third-order valence-corrected chi connectivity index (χ3v) is 1.53. The van der Waals surface area contributed by atoms with Gasteiger partial charge in [0.15, 0.2) is 18.4 Å². The monoisotopic (exact) mass is 221 g/mol. The molecule has 0 radical (unpaired) electrons. The van der Waals surface area contributed by atoms with E-state index >= 15 is 0 Å². The molecule has 15 heavy (non-hydrogen) atoms. The molecule has 0 unspecified atom stereocenters. The smallest absolute Gasteiger partial charge is 0.177 e. The molecule has 12 heteroatoms. The van der Waals surface area contributed by atoms with E-state index in [9.17, 15) is 30.3 Å². The molecule has 0 N–H and O–H groups in total. The lowest BCUT2D eigenvalue weighted by atomic mass is 10.7. The highest BCUT2D eigenvalue weighted by Gasteiger charge is 2.31. The normalized spacial score (nSPS) is 16.4. The van der Waals surface area contributed by atoms with Crippen LogP contribution in [0.3, 0.4) is 0 Å². The van der Waals surface area contributed by atoms with Gasteiger partial charge in [0.25, 0.3) is 0 Å². The Hall–Kier alpha value is -2.40. The van der Waals surface area contributed by atoms with Crippen molar-refractivity contribution in [3.8, 4) is 0 Å². The van der Waals surface area contributed by atoms with Gasteiger partial charge in [-0.25, -0.2) is 40.4 Å². The number of rotatable bonds is 3. The minimum atomic E-state index is -0.980. The molecule has 1 saturated heterocycles. The van der Waals surface area contributed by atoms with Crippen LogP contribution >= 0.6 is 0 Å². The van der Waals surface area contributed by atoms with Gasteiger partial charge in [0.2, 0.25) is 0 Å². The highest BCUT2D eigenvalue weighted by atomic mass is 16.7. The maximum atomic E-state index is 10.3. The summed E-state index contributed by atoms with van der Waals surface area (Å²) in [6, 6.07) is 0. The van der Waals surface area contributed by atoms with E-state index in [0.717, 1.165) is 0 Å². The van der Waals surface area contributed by atoms with E-state index in [4.69, 9.17) is 0 Å². The fraction of sp³-hybridized carbons (Fsp3) is 0.667. The first-order valence-corrected chi connectivity index (χ1v) is 3.48. The molecule has 0 saturated carbocycles. The summed E-state index contributed by atoms with van der Waals surface area (Å²) < 4.78 is 0. The second kappa shape index (κ2) is 3.77. The van der Waals surface area contributed by atoms with Crippen LogP contribution in [0.4, 0.5) is 0 Å². The molecule has 1 rings (SSSR count). The number of hydrazine groups is 3. The fourth-order valence-electron chi connectivity index (χ4n) is 0.897. The quantitative estimate of drug-likeness (QED) is 0.316. The van der Waals surface area contributed by atoms with E-state index in [1.165, 1.54) is 0 Å². The summed E-state index contributed by atoms with van der Waals surface area (Å²) >= 11 is 0. The summed E-state index contributed by atoms with van der Waals surface area (Å²) in [5, 5.41) is 28.8. The highest BCUT2D eigenvalue weighted by Crippen LogP contribution is 2.10. The summed E-state index contributed by atoms with van der Waals surface area (Å²) in [6.45, 7) is -0.714. The third-order valence-electron chi connectivity index (χ3n) is 1.53. The molecule has 1 aliphatic heterocycles. The number of hydrogen-bond donors (Lipinski definition) is 0. The lowest BCUT2D eigenvalue weighted by Gasteiger charge is -2.36. The largest absolute Gasteiger partial charge is 0.237 e. The summed E-state index contributed by atoms with van der Waals surface area (Å²) in [7, 11) is 0. The van der Waals surface area contributed by atoms with E-state index in [1.54, 1.807) is 0 Å². The number of nitrogens with zero attached hydrogens (tertiary/aromatic N) is 6. The van der Waals surface area contributed by atoms with Crippen molar-refractivity contribution in [3.05, 3.63) is 37.0 Å². The Bertz CT molecular complexity index is 252. The maximum Gasteiger partial charge on any atom is 0.177 e. The van der Waals surface area contributed by atoms with E-state index in [0.29, 0.717) is 11.7 Å². The van der Waals surface area contributed by atoms with Crippen LogP contribution in [0.1, 0.15) is 0 Å². The molecule has 1 heterocycles. The van der Waals surface area contributed by atoms with Crippen LogP contribution in [0.25, 0.3) is 0 Å². The van der Waals surface area contributed by atoms with Crippen LogP contribution in [0.2, 0.25) is 0 Å². The molecule has 1 fully saturated rings. The van der Waals surface area contributed by atoms with E-state index in [-0.39, 0.29) is 10.0 Å². The van der Waals surface area contributed by atoms with Crippen LogP contribution in [-0.4, -0.2) is 43.5 Å². The standard InChI is InChI=1S/C3H5N6O6/c10-7(11)4-1-5(8(12)13)3-6(2-4)9(14)15/h1H,2-3H2/q-1. The van der Waals surface area contributed by atoms with Gasteiger partial charge < -0.3 is 0 Å². The molecule has 1 aliphatic rings. The Labute approximate surface area is 81.6 Å². The van der Waals surface area contributed by atoms with E-state index < -0.39 is 28.4 Å². The van der Waals surface area contributed by atoms with Crippen LogP contribution in [0, 0.1) is 37.0 Å². The van der Waals surface area contributed by atoms with Crippen LogP contribution < -0.4 is 0 Å². The molecular weight excluding hydrogens is 216 g/mol. The fourth-order valence-corrected chi connectivity index (χ4v) is 0.897. The van der Waals surface area contributed by atoms with E-state index in [1.807, 2.05) is 0 Å². The van der Waals surface area contributed by atoms with Crippen molar-refractivity contribution in [2.24, 2.45) is 0 Å². The van der Waals surface area contributed by atoms with E-state index in [2.05, 4.69) is 0 Å². The molecule has 0 amide bonds. The molecule has 0 aromatic carbocycles. The summed E-state index contributed by atoms with van der Waals surface area (Å²) in [6.07, 6.45) is 0. The topological polar surface area (TPSA) is 139 Å². The SMILES string of the molecule is O=[N+]([O-])N1[CH-]N([N+](=O)[O-])CN([N+](=O)[O-])C1. The van der Waals surface area contributed by atoms with Gasteiger partial charge in [-0.3, -0.25) is 0 Å². The van der Waals surface area contributed by atoms with Crippen molar-refractivity contribution in [1.29, 1.82) is 0 Å². The molecule has 0 aromatic heterocycles. The summed E-state index contributed by atoms with van der Waals surface area (Å²) in [4.78, 5) is 30.9. The zero-order chi connectivity index (χ0) is 11.6. The molecule has 0 bridgehead atoms. The van der Waals surface area contributed by atoms with Crippen molar-refractivity contribution < 1.29 is 15.1 Å². The van der Waals surface area contributed by atoms with Crippen molar-refractivity contribution in [2.75, 3.05) is 13.3 Å². The minimum Gasteiger partial charge on any atom is -0.237 e. The van der Waals surface area contributed by atoms with Gasteiger partial charge in [-0.15, -0.1) is 0 Å². The van der Waals surface area contributed by atoms with Crippen LogP contribution in [0.15, 0.2) is 0 Å². The Morgan fingerprint density at radius 2 is 1.27 bits per heavy atom. The van der Waals surface area contributed by atoms with Gasteiger partial charge in [-0.1, -0.05) is 5.01 Å². The lowest BCUT2D eigenvalue weighted by molar-refractivity contribution is -0.763. The predicted octanol–water partition coefficient (Wildman–Crippen LogP) is -1.48. The Kier molecular flexibility index (Phi) is 2.68. The first kappa shape index (κ1) is 10.7. The minimum absolute atomic E-state index is 0.245. The average molecular weight is 221 g/mol. The number of hydrogen-bond acceptors (Lipinski definition) is 6. The van der Waals surface area contributed by atoms with Gasteiger partial charge in [0, 0.05) is 0 Å². The van der Waals surface area contributed by atoms with Gasteiger partial charge >= 0.3 is 0 Å². The molecular formula is C3H5N6O6-. The molecule has 0 aliphatic carbocycles. The van der Waals surface area contributed by atoms with Crippen molar-refractivity contribution >= 4 is 0 Å². The first-order valence-electron chi connectivity index (χ1n) is 3.48. The third kappa shape index (κ3) is 2.29. The van der Waals surface area contributed by atoms with Gasteiger partial charge in [-0.05, 0) is 6.67 Å². The van der Waals surface area contributed by atoms with Gasteiger partial charge in [0.05, 0.1) is 0 Å². The first-order chi connectivity index (χ1) is 6.91. The molecule has 12 nitrogen and oxygen atoms in total. The van der Waals surface area contributed by atoms with Crippen LogP contribution in [0.5, 0.6) is 0 Å². The van der Waals surface area contributed by atoms with Crippen molar-refractivity contribution in [2.45, 2.75) is 0 Å². The molecule has 0 atom stereocenters. The summed E-state index contributed by atoms with van der Waals surface area (Å²) in [5.74, 6) is 0. The molecule has 0 spiro atoms. The zero-order valence-corrected chi connectivity index (χ0v) is 7.12. The second-order valence-corrected chi connectivity index (χ2v) is 2.50.